The van der Waals surface area contributed by atoms with Gasteiger partial charge in [0, 0.05) is 5.02 Å². The van der Waals surface area contributed by atoms with Gasteiger partial charge in [-0.3, -0.25) is 0 Å². The fraction of sp³-hybridized carbons (Fsp3) is 0.100. The lowest BCUT2D eigenvalue weighted by molar-refractivity contribution is 0.0559. The Bertz CT molecular complexity index is 585. The molecule has 1 aromatic heterocycles. The van der Waals surface area contributed by atoms with Crippen molar-refractivity contribution in [2.45, 2.75) is 0 Å². The van der Waals surface area contributed by atoms with Gasteiger partial charge in [-0.2, -0.15) is 15.4 Å². The third-order valence-electron chi connectivity index (χ3n) is 1.89. The Labute approximate surface area is 95.7 Å². The van der Waals surface area contributed by atoms with Crippen molar-refractivity contribution >= 4 is 28.6 Å². The normalized spacial score (nSPS) is 10.0. The number of terminal acetylenes is 1. The first kappa shape index (κ1) is 10.5. The number of hydrogen-bond acceptors (Lipinski definition) is 4. The largest absolute Gasteiger partial charge is 0.449 e. The second-order valence-corrected chi connectivity index (χ2v) is 3.36. The highest BCUT2D eigenvalue weighted by atomic mass is 35.5. The molecule has 0 atom stereocenters. The Morgan fingerprint density at radius 3 is 3.12 bits per heavy atom. The van der Waals surface area contributed by atoms with E-state index in [1.807, 2.05) is 0 Å². The van der Waals surface area contributed by atoms with Crippen molar-refractivity contribution in [3.8, 4) is 12.3 Å². The summed E-state index contributed by atoms with van der Waals surface area (Å²) < 4.78 is 4.79. The summed E-state index contributed by atoms with van der Waals surface area (Å²) in [6.45, 7) is -0.0926. The first-order valence-corrected chi connectivity index (χ1v) is 4.71. The van der Waals surface area contributed by atoms with E-state index in [2.05, 4.69) is 21.3 Å². The van der Waals surface area contributed by atoms with Crippen LogP contribution in [0.2, 0.25) is 5.02 Å². The third kappa shape index (κ3) is 1.83. The van der Waals surface area contributed by atoms with Crippen molar-refractivity contribution in [2.24, 2.45) is 0 Å². The first-order valence-electron chi connectivity index (χ1n) is 4.33. The predicted molar refractivity (Wildman–Crippen MR) is 58.0 cm³/mol. The van der Waals surface area contributed by atoms with E-state index in [9.17, 15) is 4.79 Å². The number of aromatic amines is 1. The average molecular weight is 236 g/mol. The number of halogens is 1. The molecule has 2 rings (SSSR count). The summed E-state index contributed by atoms with van der Waals surface area (Å²) in [6, 6.07) is 3.06. The van der Waals surface area contributed by atoms with Gasteiger partial charge in [-0.1, -0.05) is 17.5 Å². The predicted octanol–water partition coefficient (Wildman–Crippen LogP) is 1.40. The second-order valence-electron chi connectivity index (χ2n) is 2.92. The molecule has 0 bridgehead atoms. The molecule has 16 heavy (non-hydrogen) atoms. The van der Waals surface area contributed by atoms with Crippen molar-refractivity contribution in [1.82, 2.24) is 15.4 Å². The highest BCUT2D eigenvalue weighted by Gasteiger charge is 2.15. The van der Waals surface area contributed by atoms with Gasteiger partial charge in [0.15, 0.2) is 6.61 Å². The van der Waals surface area contributed by atoms with Gasteiger partial charge < -0.3 is 4.74 Å². The number of H-pyrrole nitrogens is 1. The Morgan fingerprint density at radius 1 is 1.56 bits per heavy atom. The van der Waals surface area contributed by atoms with Gasteiger partial charge >= 0.3 is 5.97 Å². The lowest BCUT2D eigenvalue weighted by Crippen LogP contribution is -2.06. The van der Waals surface area contributed by atoms with E-state index in [1.165, 1.54) is 6.07 Å². The van der Waals surface area contributed by atoms with Crippen molar-refractivity contribution in [1.29, 1.82) is 0 Å². The molecular formula is C10H6ClN3O2. The highest BCUT2D eigenvalue weighted by molar-refractivity contribution is 6.31. The van der Waals surface area contributed by atoms with Crippen LogP contribution in [0.3, 0.4) is 0 Å². The molecule has 1 aromatic carbocycles. The fourth-order valence-corrected chi connectivity index (χ4v) is 1.47. The minimum atomic E-state index is -0.570. The number of rotatable bonds is 2. The van der Waals surface area contributed by atoms with Gasteiger partial charge in [0.25, 0.3) is 0 Å². The number of aromatic nitrogens is 3. The van der Waals surface area contributed by atoms with E-state index in [4.69, 9.17) is 22.8 Å². The summed E-state index contributed by atoms with van der Waals surface area (Å²) in [4.78, 5) is 11.6. The van der Waals surface area contributed by atoms with Gasteiger partial charge in [-0.15, -0.1) is 6.42 Å². The smallest absolute Gasteiger partial charge is 0.341 e. The average Bonchev–Trinajstić information content (AvgIpc) is 2.72. The van der Waals surface area contributed by atoms with Crippen LogP contribution in [-0.4, -0.2) is 28.0 Å². The van der Waals surface area contributed by atoms with E-state index < -0.39 is 5.97 Å². The second kappa shape index (κ2) is 4.21. The lowest BCUT2D eigenvalue weighted by atomic mass is 10.2. The minimum Gasteiger partial charge on any atom is -0.449 e. The zero-order valence-electron chi connectivity index (χ0n) is 8.03. The van der Waals surface area contributed by atoms with E-state index >= 15 is 0 Å². The van der Waals surface area contributed by atoms with Crippen molar-refractivity contribution < 1.29 is 9.53 Å². The molecular weight excluding hydrogens is 230 g/mol. The van der Waals surface area contributed by atoms with Crippen molar-refractivity contribution in [3.05, 3.63) is 22.7 Å². The Morgan fingerprint density at radius 2 is 2.38 bits per heavy atom. The van der Waals surface area contributed by atoms with Crippen LogP contribution in [0, 0.1) is 12.3 Å². The quantitative estimate of drug-likeness (QED) is 0.631. The van der Waals surface area contributed by atoms with Crippen LogP contribution >= 0.6 is 11.6 Å². The fourth-order valence-electron chi connectivity index (χ4n) is 1.26. The molecule has 0 spiro atoms. The van der Waals surface area contributed by atoms with Gasteiger partial charge in [-0.25, -0.2) is 4.79 Å². The Balaban J connectivity index is 2.47. The zero-order chi connectivity index (χ0) is 11.5. The lowest BCUT2D eigenvalue weighted by Gasteiger charge is -2.01. The SMILES string of the molecule is C#CCOC(=O)c1cc(Cl)cc2n[nH]nc12. The van der Waals surface area contributed by atoms with E-state index in [-0.39, 0.29) is 12.2 Å². The first-order chi connectivity index (χ1) is 7.72. The topological polar surface area (TPSA) is 67.9 Å². The molecule has 1 N–H and O–H groups in total. The number of fused-ring (bicyclic) bond motifs is 1. The van der Waals surface area contributed by atoms with Crippen LogP contribution in [-0.2, 0) is 4.74 Å². The summed E-state index contributed by atoms with van der Waals surface area (Å²) in [5.41, 5.74) is 1.15. The maximum absolute atomic E-state index is 11.6. The minimum absolute atomic E-state index is 0.0926. The highest BCUT2D eigenvalue weighted by Crippen LogP contribution is 2.21. The van der Waals surface area contributed by atoms with Crippen LogP contribution in [0.1, 0.15) is 10.4 Å². The van der Waals surface area contributed by atoms with Crippen LogP contribution in [0.5, 0.6) is 0 Å². The number of hydrogen-bond donors (Lipinski definition) is 1. The van der Waals surface area contributed by atoms with Gasteiger partial charge in [0.2, 0.25) is 0 Å². The molecule has 0 amide bonds. The number of ether oxygens (including phenoxy) is 1. The Kier molecular flexibility index (Phi) is 2.75. The van der Waals surface area contributed by atoms with E-state index in [0.29, 0.717) is 16.1 Å². The number of benzene rings is 1. The van der Waals surface area contributed by atoms with Crippen LogP contribution in [0.4, 0.5) is 0 Å². The van der Waals surface area contributed by atoms with Gasteiger partial charge in [-0.05, 0) is 12.1 Å². The molecule has 1 heterocycles. The van der Waals surface area contributed by atoms with Crippen molar-refractivity contribution in [3.63, 3.8) is 0 Å². The maximum Gasteiger partial charge on any atom is 0.341 e. The maximum atomic E-state index is 11.6. The summed E-state index contributed by atoms with van der Waals surface area (Å²) in [5.74, 6) is 1.63. The number of nitrogens with one attached hydrogen (secondary N) is 1. The standard InChI is InChI=1S/C10H6ClN3O2/c1-2-3-16-10(15)7-4-6(11)5-8-9(7)13-14-12-8/h1,4-5H,3H2,(H,12,13,14). The summed E-state index contributed by atoms with van der Waals surface area (Å²) in [7, 11) is 0. The number of carbonyl (C=O) groups is 1. The summed E-state index contributed by atoms with van der Waals surface area (Å²) in [6.07, 6.45) is 4.99. The van der Waals surface area contributed by atoms with Crippen molar-refractivity contribution in [2.75, 3.05) is 6.61 Å². The van der Waals surface area contributed by atoms with Gasteiger partial charge in [0.1, 0.15) is 11.0 Å². The van der Waals surface area contributed by atoms with Crippen LogP contribution in [0.25, 0.3) is 11.0 Å². The molecule has 2 aromatic rings. The Hall–Kier alpha value is -2.06. The molecule has 0 fully saturated rings. The molecule has 6 heteroatoms. The molecule has 0 aliphatic carbocycles. The zero-order valence-corrected chi connectivity index (χ0v) is 8.78. The molecule has 80 valence electrons. The van der Waals surface area contributed by atoms with Gasteiger partial charge in [0.05, 0.1) is 5.56 Å². The molecule has 0 aliphatic heterocycles. The summed E-state index contributed by atoms with van der Waals surface area (Å²) >= 11 is 5.83. The van der Waals surface area contributed by atoms with E-state index in [0.717, 1.165) is 0 Å². The van der Waals surface area contributed by atoms with Crippen LogP contribution < -0.4 is 0 Å². The number of nitrogens with zero attached hydrogens (tertiary/aromatic N) is 2. The monoisotopic (exact) mass is 235 g/mol. The molecule has 5 nitrogen and oxygen atoms in total. The summed E-state index contributed by atoms with van der Waals surface area (Å²) in [5, 5.41) is 10.5. The molecule has 0 radical (unpaired) electrons. The number of esters is 1. The molecule has 0 saturated carbocycles. The molecule has 0 unspecified atom stereocenters. The van der Waals surface area contributed by atoms with E-state index in [1.54, 1.807) is 6.07 Å². The van der Waals surface area contributed by atoms with Crippen LogP contribution in [0.15, 0.2) is 12.1 Å². The molecule has 0 aliphatic rings. The third-order valence-corrected chi connectivity index (χ3v) is 2.11. The number of carbonyl (C=O) groups excluding carboxylic acids is 1. The molecule has 0 saturated heterocycles.